The van der Waals surface area contributed by atoms with Crippen molar-refractivity contribution in [3.05, 3.63) is 51.3 Å². The molecule has 0 saturated heterocycles. The predicted octanol–water partition coefficient (Wildman–Crippen LogP) is 2.73. The van der Waals surface area contributed by atoms with Gasteiger partial charge < -0.3 is 15.4 Å². The number of ether oxygens (including phenoxy) is 1. The molecule has 1 unspecified atom stereocenters. The molecule has 0 fully saturated rings. The summed E-state index contributed by atoms with van der Waals surface area (Å²) in [7, 11) is 0. The molecule has 7 heteroatoms. The maximum absolute atomic E-state index is 11.8. The minimum absolute atomic E-state index is 0.0466. The van der Waals surface area contributed by atoms with Gasteiger partial charge in [0.25, 0.3) is 5.70 Å². The van der Waals surface area contributed by atoms with Gasteiger partial charge in [-0.2, -0.15) is 0 Å². The fourth-order valence-corrected chi connectivity index (χ4v) is 2.38. The van der Waals surface area contributed by atoms with Crippen molar-refractivity contribution in [2.24, 2.45) is 0 Å². The molecule has 7 nitrogen and oxygen atoms in total. The summed E-state index contributed by atoms with van der Waals surface area (Å²) in [4.78, 5) is 22.8. The van der Waals surface area contributed by atoms with Crippen molar-refractivity contribution in [1.82, 2.24) is 10.6 Å². The van der Waals surface area contributed by atoms with E-state index in [4.69, 9.17) is 4.74 Å². The van der Waals surface area contributed by atoms with Crippen molar-refractivity contribution in [2.75, 3.05) is 6.61 Å². The second-order valence-corrected chi connectivity index (χ2v) is 4.89. The van der Waals surface area contributed by atoms with Crippen LogP contribution in [0.4, 0.5) is 4.79 Å². The number of nitro groups is 1. The maximum atomic E-state index is 11.8. The highest BCUT2D eigenvalue weighted by molar-refractivity contribution is 5.78. The third kappa shape index (κ3) is 3.19. The van der Waals surface area contributed by atoms with Crippen LogP contribution in [-0.2, 0) is 0 Å². The van der Waals surface area contributed by atoms with E-state index < -0.39 is 17.0 Å². The second-order valence-electron chi connectivity index (χ2n) is 4.89. The summed E-state index contributed by atoms with van der Waals surface area (Å²) in [5.41, 5.74) is 0.863. The molecule has 1 atom stereocenters. The van der Waals surface area contributed by atoms with Crippen molar-refractivity contribution in [3.8, 4) is 5.75 Å². The van der Waals surface area contributed by atoms with E-state index in [2.05, 4.69) is 10.6 Å². The first-order valence-corrected chi connectivity index (χ1v) is 7.25. The third-order valence-corrected chi connectivity index (χ3v) is 3.36. The Balaban J connectivity index is 2.49. The predicted molar refractivity (Wildman–Crippen MR) is 80.9 cm³/mol. The summed E-state index contributed by atoms with van der Waals surface area (Å²) >= 11 is 0. The van der Waals surface area contributed by atoms with Gasteiger partial charge in [0.1, 0.15) is 5.75 Å². The van der Waals surface area contributed by atoms with E-state index in [9.17, 15) is 14.9 Å². The molecule has 0 radical (unpaired) electrons. The monoisotopic (exact) mass is 305 g/mol. The first-order valence-electron chi connectivity index (χ1n) is 7.25. The number of carbonyl (C=O) groups is 1. The summed E-state index contributed by atoms with van der Waals surface area (Å²) in [6, 6.07) is 5.78. The number of hydrogen-bond donors (Lipinski definition) is 2. The number of rotatable bonds is 6. The zero-order valence-corrected chi connectivity index (χ0v) is 12.6. The Morgan fingerprint density at radius 3 is 2.68 bits per heavy atom. The fraction of sp³-hybridized carbons (Fsp3) is 0.400. The number of carbonyl (C=O) groups excluding carboxylic acids is 1. The smallest absolute Gasteiger partial charge is 0.320 e. The lowest BCUT2D eigenvalue weighted by Gasteiger charge is -2.25. The number of amides is 2. The van der Waals surface area contributed by atoms with E-state index in [1.807, 2.05) is 6.92 Å². The van der Waals surface area contributed by atoms with Crippen molar-refractivity contribution >= 4 is 6.03 Å². The number of para-hydroxylation sites is 1. The molecule has 22 heavy (non-hydrogen) atoms. The standard InChI is InChI=1S/C15H19N3O4/c1-3-9-22-12-8-6-5-7-10(12)13-14(18(20)21)11(4-2)16-15(19)17-13/h5-8,13H,3-4,9H2,1-2H3,(H2,16,17,19). The molecule has 0 spiro atoms. The van der Waals surface area contributed by atoms with Gasteiger partial charge in [0, 0.05) is 5.56 Å². The van der Waals surface area contributed by atoms with E-state index in [1.54, 1.807) is 31.2 Å². The number of nitrogens with one attached hydrogen (secondary N) is 2. The van der Waals surface area contributed by atoms with Crippen LogP contribution >= 0.6 is 0 Å². The van der Waals surface area contributed by atoms with Crippen molar-refractivity contribution in [2.45, 2.75) is 32.7 Å². The van der Waals surface area contributed by atoms with Crippen molar-refractivity contribution in [1.29, 1.82) is 0 Å². The second kappa shape index (κ2) is 6.93. The minimum atomic E-state index is -0.827. The Bertz CT molecular complexity index is 613. The Morgan fingerprint density at radius 2 is 2.05 bits per heavy atom. The van der Waals surface area contributed by atoms with Crippen LogP contribution in [-0.4, -0.2) is 17.6 Å². The van der Waals surface area contributed by atoms with E-state index in [-0.39, 0.29) is 5.70 Å². The number of urea groups is 1. The molecule has 1 aromatic carbocycles. The summed E-state index contributed by atoms with van der Waals surface area (Å²) in [6.45, 7) is 4.25. The van der Waals surface area contributed by atoms with Gasteiger partial charge in [-0.05, 0) is 18.9 Å². The van der Waals surface area contributed by atoms with Crippen LogP contribution < -0.4 is 15.4 Å². The normalized spacial score (nSPS) is 17.7. The third-order valence-electron chi connectivity index (χ3n) is 3.36. The molecule has 1 aliphatic heterocycles. The Kier molecular flexibility index (Phi) is 4.98. The zero-order chi connectivity index (χ0) is 16.1. The molecule has 0 aromatic heterocycles. The molecule has 0 saturated carbocycles. The fourth-order valence-electron chi connectivity index (χ4n) is 2.38. The van der Waals surface area contributed by atoms with Crippen LogP contribution in [0.2, 0.25) is 0 Å². The Labute approximate surface area is 128 Å². The molecule has 2 amide bonds. The molecule has 2 rings (SSSR count). The number of hydrogen-bond acceptors (Lipinski definition) is 4. The molecule has 0 aliphatic carbocycles. The molecular formula is C15H19N3O4. The van der Waals surface area contributed by atoms with Gasteiger partial charge in [0.15, 0.2) is 6.04 Å². The van der Waals surface area contributed by atoms with E-state index in [1.165, 1.54) is 0 Å². The van der Waals surface area contributed by atoms with Crippen LogP contribution in [0.15, 0.2) is 35.7 Å². The quantitative estimate of drug-likeness (QED) is 0.624. The molecule has 2 N–H and O–H groups in total. The van der Waals surface area contributed by atoms with Crippen LogP contribution in [0.5, 0.6) is 5.75 Å². The summed E-state index contributed by atoms with van der Waals surface area (Å²) in [5.74, 6) is 0.548. The van der Waals surface area contributed by atoms with Crippen molar-refractivity contribution in [3.63, 3.8) is 0 Å². The molecule has 1 aromatic rings. The molecular weight excluding hydrogens is 286 g/mol. The van der Waals surface area contributed by atoms with Gasteiger partial charge in [-0.25, -0.2) is 4.79 Å². The lowest BCUT2D eigenvalue weighted by Crippen LogP contribution is -2.45. The average Bonchev–Trinajstić information content (AvgIpc) is 2.51. The minimum Gasteiger partial charge on any atom is -0.493 e. The number of nitrogens with zero attached hydrogens (tertiary/aromatic N) is 1. The zero-order valence-electron chi connectivity index (χ0n) is 12.6. The lowest BCUT2D eigenvalue weighted by atomic mass is 9.99. The number of allylic oxidation sites excluding steroid dienone is 1. The van der Waals surface area contributed by atoms with E-state index in [0.29, 0.717) is 30.0 Å². The van der Waals surface area contributed by atoms with Gasteiger partial charge in [0.05, 0.1) is 17.2 Å². The Hall–Kier alpha value is -2.57. The Morgan fingerprint density at radius 1 is 1.32 bits per heavy atom. The van der Waals surface area contributed by atoms with Crippen LogP contribution in [0.1, 0.15) is 38.3 Å². The lowest BCUT2D eigenvalue weighted by molar-refractivity contribution is -0.433. The summed E-state index contributed by atoms with van der Waals surface area (Å²) in [6.07, 6.45) is 1.20. The molecule has 0 bridgehead atoms. The van der Waals surface area contributed by atoms with Gasteiger partial charge in [-0.15, -0.1) is 0 Å². The van der Waals surface area contributed by atoms with Gasteiger partial charge in [-0.3, -0.25) is 10.1 Å². The highest BCUT2D eigenvalue weighted by Crippen LogP contribution is 2.33. The highest BCUT2D eigenvalue weighted by atomic mass is 16.6. The summed E-state index contributed by atoms with van der Waals surface area (Å²) in [5, 5.41) is 16.6. The van der Waals surface area contributed by atoms with Gasteiger partial charge in [-0.1, -0.05) is 32.0 Å². The molecule has 1 heterocycles. The van der Waals surface area contributed by atoms with Crippen LogP contribution in [0, 0.1) is 10.1 Å². The van der Waals surface area contributed by atoms with Crippen LogP contribution in [0.3, 0.4) is 0 Å². The molecule has 1 aliphatic rings. The summed E-state index contributed by atoms with van der Waals surface area (Å²) < 4.78 is 5.65. The maximum Gasteiger partial charge on any atom is 0.320 e. The first-order chi connectivity index (χ1) is 10.6. The average molecular weight is 305 g/mol. The SMILES string of the molecule is CCCOc1ccccc1C1NC(=O)NC(CC)=C1[N+](=O)[O-]. The van der Waals surface area contributed by atoms with Gasteiger partial charge >= 0.3 is 6.03 Å². The topological polar surface area (TPSA) is 93.5 Å². The van der Waals surface area contributed by atoms with Gasteiger partial charge in [0.2, 0.25) is 0 Å². The van der Waals surface area contributed by atoms with E-state index >= 15 is 0 Å². The highest BCUT2D eigenvalue weighted by Gasteiger charge is 2.37. The number of benzene rings is 1. The van der Waals surface area contributed by atoms with Crippen molar-refractivity contribution < 1.29 is 14.5 Å². The molecule has 118 valence electrons. The van der Waals surface area contributed by atoms with Crippen LogP contribution in [0.25, 0.3) is 0 Å². The van der Waals surface area contributed by atoms with E-state index in [0.717, 1.165) is 6.42 Å². The largest absolute Gasteiger partial charge is 0.493 e. The first kappa shape index (κ1) is 15.8.